The van der Waals surface area contributed by atoms with Crippen molar-refractivity contribution in [3.63, 3.8) is 0 Å². The monoisotopic (exact) mass is 524 g/mol. The number of halogens is 1. The molecule has 1 N–H and O–H groups in total. The number of hydrogen-bond donors (Lipinski definition) is 1. The Morgan fingerprint density at radius 2 is 1.50 bits per heavy atom. The summed E-state index contributed by atoms with van der Waals surface area (Å²) in [6.07, 6.45) is 5.91. The molecule has 0 spiro atoms. The number of fused-ring (bicyclic) bond motifs is 3. The van der Waals surface area contributed by atoms with Crippen molar-refractivity contribution in [2.45, 2.75) is 12.8 Å². The number of unbranched alkanes of at least 4 members (excludes halogenated alkanes) is 1. The average molecular weight is 525 g/mol. The summed E-state index contributed by atoms with van der Waals surface area (Å²) in [5.74, 6) is 0.00764. The van der Waals surface area contributed by atoms with Crippen LogP contribution in [0.3, 0.4) is 0 Å². The average Bonchev–Trinajstić information content (AvgIpc) is 2.95. The molecule has 5 aromatic rings. The van der Waals surface area contributed by atoms with Crippen molar-refractivity contribution in [3.05, 3.63) is 96.8 Å². The molecule has 0 bridgehead atoms. The molecule has 1 aromatic heterocycles. The van der Waals surface area contributed by atoms with Gasteiger partial charge in [-0.1, -0.05) is 42.5 Å². The number of pyridine rings is 1. The van der Waals surface area contributed by atoms with Crippen LogP contribution in [0.15, 0.2) is 91.3 Å². The van der Waals surface area contributed by atoms with E-state index in [4.69, 9.17) is 0 Å². The molecule has 5 nitrogen and oxygen atoms in total. The Morgan fingerprint density at radius 1 is 0.763 bits per heavy atom. The van der Waals surface area contributed by atoms with Gasteiger partial charge < -0.3 is 10.2 Å². The van der Waals surface area contributed by atoms with Gasteiger partial charge in [-0.05, 0) is 82.7 Å². The Balaban J connectivity index is 0.00000294. The highest BCUT2D eigenvalue weighted by Crippen LogP contribution is 2.27. The van der Waals surface area contributed by atoms with Gasteiger partial charge in [-0.15, -0.1) is 12.4 Å². The van der Waals surface area contributed by atoms with E-state index in [1.54, 1.807) is 0 Å². The van der Waals surface area contributed by atoms with Crippen LogP contribution in [0.2, 0.25) is 0 Å². The summed E-state index contributed by atoms with van der Waals surface area (Å²) >= 11 is 0. The molecular weight excluding hydrogens is 492 g/mol. The van der Waals surface area contributed by atoms with Crippen LogP contribution in [0.4, 0.5) is 5.69 Å². The third-order valence-corrected chi connectivity index (χ3v) is 7.53. The van der Waals surface area contributed by atoms with Gasteiger partial charge in [-0.25, -0.2) is 0 Å². The summed E-state index contributed by atoms with van der Waals surface area (Å²) in [4.78, 5) is 22.1. The van der Waals surface area contributed by atoms with Crippen LogP contribution in [0.25, 0.3) is 32.3 Å². The Morgan fingerprint density at radius 3 is 2.32 bits per heavy atom. The second-order valence-corrected chi connectivity index (χ2v) is 9.93. The van der Waals surface area contributed by atoms with Gasteiger partial charge in [0.2, 0.25) is 0 Å². The lowest BCUT2D eigenvalue weighted by Crippen LogP contribution is -2.46. The minimum Gasteiger partial charge on any atom is -0.368 e. The standard InChI is InChI=1S/C32H32N4O.ClH/c37-32(28-11-10-27-20-25-6-1-2-7-26(25)21-29(27)22-28)34-13-3-4-15-35-16-18-36(19-17-35)31-9-5-8-24-12-14-33-23-30(24)31;/h1-2,5-12,14,20-23H,3-4,13,15-19H2,(H,34,37);1H. The summed E-state index contributed by atoms with van der Waals surface area (Å²) in [6.45, 7) is 5.97. The minimum atomic E-state index is 0. The molecule has 1 saturated heterocycles. The number of carbonyl (C=O) groups excluding carboxylic acids is 1. The summed E-state index contributed by atoms with van der Waals surface area (Å²) in [5.41, 5.74) is 2.01. The van der Waals surface area contributed by atoms with Crippen LogP contribution in [0.1, 0.15) is 23.2 Å². The van der Waals surface area contributed by atoms with Crippen LogP contribution in [0.5, 0.6) is 0 Å². The van der Waals surface area contributed by atoms with E-state index in [-0.39, 0.29) is 18.3 Å². The molecule has 0 unspecified atom stereocenters. The van der Waals surface area contributed by atoms with Gasteiger partial charge in [0.1, 0.15) is 0 Å². The predicted octanol–water partition coefficient (Wildman–Crippen LogP) is 6.30. The van der Waals surface area contributed by atoms with E-state index < -0.39 is 0 Å². The largest absolute Gasteiger partial charge is 0.368 e. The maximum Gasteiger partial charge on any atom is 0.251 e. The molecule has 6 rings (SSSR count). The molecule has 0 aliphatic carbocycles. The SMILES string of the molecule is Cl.O=C(NCCCCN1CCN(c2cccc3ccncc23)CC1)c1ccc2cc3ccccc3cc2c1. The number of benzene rings is 4. The minimum absolute atomic E-state index is 0. The molecule has 38 heavy (non-hydrogen) atoms. The molecule has 194 valence electrons. The maximum absolute atomic E-state index is 12.7. The number of hydrogen-bond acceptors (Lipinski definition) is 4. The van der Waals surface area contributed by atoms with Crippen LogP contribution >= 0.6 is 12.4 Å². The number of piperazine rings is 1. The topological polar surface area (TPSA) is 48.5 Å². The molecule has 1 aliphatic heterocycles. The molecular formula is C32H33ClN4O. The van der Waals surface area contributed by atoms with Crippen LogP contribution in [-0.4, -0.2) is 55.1 Å². The maximum atomic E-state index is 12.7. The summed E-state index contributed by atoms with van der Waals surface area (Å²) in [7, 11) is 0. The van der Waals surface area contributed by atoms with Crippen LogP contribution in [0, 0.1) is 0 Å². The van der Waals surface area contributed by atoms with Gasteiger partial charge in [0.05, 0.1) is 0 Å². The predicted molar refractivity (Wildman–Crippen MR) is 161 cm³/mol. The van der Waals surface area contributed by atoms with Crippen molar-refractivity contribution >= 4 is 56.3 Å². The fourth-order valence-electron chi connectivity index (χ4n) is 5.43. The second kappa shape index (κ2) is 11.8. The molecule has 0 radical (unpaired) electrons. The number of anilines is 1. The van der Waals surface area contributed by atoms with Gasteiger partial charge in [0.15, 0.2) is 0 Å². The van der Waals surface area contributed by atoms with E-state index in [0.29, 0.717) is 6.54 Å². The Hall–Kier alpha value is -3.67. The van der Waals surface area contributed by atoms with E-state index in [1.165, 1.54) is 27.2 Å². The molecule has 0 atom stereocenters. The van der Waals surface area contributed by atoms with Crippen molar-refractivity contribution in [2.75, 3.05) is 44.2 Å². The van der Waals surface area contributed by atoms with E-state index in [0.717, 1.165) is 61.9 Å². The number of nitrogens with one attached hydrogen (secondary N) is 1. The quantitative estimate of drug-likeness (QED) is 0.201. The van der Waals surface area contributed by atoms with Crippen molar-refractivity contribution < 1.29 is 4.79 Å². The smallest absolute Gasteiger partial charge is 0.251 e. The van der Waals surface area contributed by atoms with Crippen molar-refractivity contribution in [2.24, 2.45) is 0 Å². The fraction of sp³-hybridized carbons (Fsp3) is 0.250. The van der Waals surface area contributed by atoms with Crippen LogP contribution in [-0.2, 0) is 0 Å². The lowest BCUT2D eigenvalue weighted by Gasteiger charge is -2.36. The third kappa shape index (κ3) is 5.59. The zero-order chi connectivity index (χ0) is 25.0. The number of aromatic nitrogens is 1. The normalized spacial score (nSPS) is 14.1. The van der Waals surface area contributed by atoms with Gasteiger partial charge >= 0.3 is 0 Å². The zero-order valence-electron chi connectivity index (χ0n) is 21.5. The Labute approximate surface area is 229 Å². The van der Waals surface area contributed by atoms with E-state index in [1.807, 2.05) is 36.7 Å². The number of carbonyl (C=O) groups is 1. The molecule has 1 aliphatic rings. The zero-order valence-corrected chi connectivity index (χ0v) is 22.3. The first-order chi connectivity index (χ1) is 18.2. The number of nitrogens with zero attached hydrogens (tertiary/aromatic N) is 3. The van der Waals surface area contributed by atoms with E-state index >= 15 is 0 Å². The molecule has 6 heteroatoms. The first-order valence-electron chi connectivity index (χ1n) is 13.3. The summed E-state index contributed by atoms with van der Waals surface area (Å²) < 4.78 is 0. The van der Waals surface area contributed by atoms with Gasteiger partial charge in [0, 0.05) is 61.8 Å². The highest BCUT2D eigenvalue weighted by molar-refractivity contribution is 6.03. The third-order valence-electron chi connectivity index (χ3n) is 7.53. The summed E-state index contributed by atoms with van der Waals surface area (Å²) in [6, 6.07) is 27.2. The first-order valence-corrected chi connectivity index (χ1v) is 13.3. The first kappa shape index (κ1) is 26.0. The van der Waals surface area contributed by atoms with Gasteiger partial charge in [-0.2, -0.15) is 0 Å². The van der Waals surface area contributed by atoms with Crippen molar-refractivity contribution in [1.29, 1.82) is 0 Å². The number of rotatable bonds is 7. The van der Waals surface area contributed by atoms with Crippen LogP contribution < -0.4 is 10.2 Å². The highest BCUT2D eigenvalue weighted by atomic mass is 35.5. The fourth-order valence-corrected chi connectivity index (χ4v) is 5.43. The van der Waals surface area contributed by atoms with Crippen molar-refractivity contribution in [3.8, 4) is 0 Å². The molecule has 1 amide bonds. The molecule has 2 heterocycles. The molecule has 1 fully saturated rings. The Bertz CT molecular complexity index is 1560. The van der Waals surface area contributed by atoms with E-state index in [9.17, 15) is 4.79 Å². The van der Waals surface area contributed by atoms with E-state index in [2.05, 4.69) is 74.7 Å². The second-order valence-electron chi connectivity index (χ2n) is 9.93. The Kier molecular flexibility index (Phi) is 8.06. The van der Waals surface area contributed by atoms with Gasteiger partial charge in [-0.3, -0.25) is 14.7 Å². The summed E-state index contributed by atoms with van der Waals surface area (Å²) in [5, 5.41) is 10.3. The molecule has 0 saturated carbocycles. The van der Waals surface area contributed by atoms with Crippen molar-refractivity contribution in [1.82, 2.24) is 15.2 Å². The molecule has 4 aromatic carbocycles. The van der Waals surface area contributed by atoms with Gasteiger partial charge in [0.25, 0.3) is 5.91 Å². The lowest BCUT2D eigenvalue weighted by atomic mass is 10.0. The lowest BCUT2D eigenvalue weighted by molar-refractivity contribution is 0.0952. The number of amides is 1. The highest BCUT2D eigenvalue weighted by Gasteiger charge is 2.18.